The number of amides is 2. The largest absolute Gasteiger partial charge is 0.338 e. The van der Waals surface area contributed by atoms with Crippen LogP contribution in [0, 0.1) is 0 Å². The second-order valence-corrected chi connectivity index (χ2v) is 11.3. The molecule has 3 heterocycles. The molecule has 11 heteroatoms. The number of benzene rings is 1. The summed E-state index contributed by atoms with van der Waals surface area (Å²) >= 11 is 0. The zero-order valence-electron chi connectivity index (χ0n) is 18.2. The first-order valence-corrected chi connectivity index (χ1v) is 12.2. The summed E-state index contributed by atoms with van der Waals surface area (Å²) in [4.78, 5) is 29.3. The Balaban J connectivity index is 1.45. The number of carbonyl (C=O) groups excluding carboxylic acids is 2. The van der Waals surface area contributed by atoms with Gasteiger partial charge in [-0.3, -0.25) is 9.59 Å². The van der Waals surface area contributed by atoms with Crippen molar-refractivity contribution in [3.63, 3.8) is 0 Å². The normalized spacial score (nSPS) is 20.8. The molecular formula is C21H25N5O5S. The number of carbonyl (C=O) groups is 2. The van der Waals surface area contributed by atoms with Gasteiger partial charge in [0.1, 0.15) is 5.71 Å². The van der Waals surface area contributed by atoms with Crippen LogP contribution in [0.1, 0.15) is 45.9 Å². The predicted molar refractivity (Wildman–Crippen MR) is 118 cm³/mol. The third-order valence-corrected chi connectivity index (χ3v) is 7.09. The van der Waals surface area contributed by atoms with E-state index in [-0.39, 0.29) is 41.4 Å². The third-order valence-electron chi connectivity index (χ3n) is 5.34. The predicted octanol–water partition coefficient (Wildman–Crippen LogP) is 2.14. The Morgan fingerprint density at radius 3 is 2.50 bits per heavy atom. The molecule has 4 rings (SSSR count). The Bertz CT molecular complexity index is 1180. The van der Waals surface area contributed by atoms with E-state index in [2.05, 4.69) is 20.6 Å². The van der Waals surface area contributed by atoms with Crippen LogP contribution in [-0.4, -0.2) is 58.6 Å². The summed E-state index contributed by atoms with van der Waals surface area (Å²) in [5.41, 5.74) is 1.24. The number of rotatable bonds is 4. The van der Waals surface area contributed by atoms with Crippen LogP contribution in [0.4, 0.5) is 5.69 Å². The van der Waals surface area contributed by atoms with Crippen LogP contribution in [0.5, 0.6) is 0 Å². The molecule has 1 saturated heterocycles. The molecule has 2 amide bonds. The van der Waals surface area contributed by atoms with Gasteiger partial charge in [0.05, 0.1) is 17.5 Å². The second kappa shape index (κ2) is 8.12. The van der Waals surface area contributed by atoms with Crippen LogP contribution in [0.2, 0.25) is 0 Å². The van der Waals surface area contributed by atoms with Crippen LogP contribution < -0.4 is 5.32 Å². The van der Waals surface area contributed by atoms with Crippen molar-refractivity contribution in [1.29, 1.82) is 0 Å². The van der Waals surface area contributed by atoms with Crippen molar-refractivity contribution in [2.45, 2.75) is 51.5 Å². The van der Waals surface area contributed by atoms with E-state index in [0.29, 0.717) is 23.8 Å². The fourth-order valence-electron chi connectivity index (χ4n) is 3.54. The summed E-state index contributed by atoms with van der Waals surface area (Å²) in [5.74, 6) is 0.224. The molecule has 1 atom stereocenters. The molecule has 1 fully saturated rings. The van der Waals surface area contributed by atoms with Gasteiger partial charge >= 0.3 is 0 Å². The maximum atomic E-state index is 12.7. The molecule has 0 radical (unpaired) electrons. The second-order valence-electron chi connectivity index (χ2n) is 9.05. The lowest BCUT2D eigenvalue weighted by molar-refractivity contribution is -0.133. The van der Waals surface area contributed by atoms with Crippen LogP contribution >= 0.6 is 0 Å². The molecule has 0 bridgehead atoms. The van der Waals surface area contributed by atoms with Gasteiger partial charge in [-0.1, -0.05) is 25.9 Å². The first-order valence-electron chi connectivity index (χ1n) is 10.4. The summed E-state index contributed by atoms with van der Waals surface area (Å²) in [6, 6.07) is 6.47. The zero-order valence-corrected chi connectivity index (χ0v) is 19.0. The van der Waals surface area contributed by atoms with Gasteiger partial charge in [-0.2, -0.15) is 10.1 Å². The Morgan fingerprint density at radius 2 is 1.91 bits per heavy atom. The van der Waals surface area contributed by atoms with E-state index < -0.39 is 21.8 Å². The van der Waals surface area contributed by atoms with Crippen LogP contribution in [-0.2, 0) is 24.8 Å². The highest BCUT2D eigenvalue weighted by Gasteiger charge is 2.37. The van der Waals surface area contributed by atoms with Gasteiger partial charge in [0, 0.05) is 29.5 Å². The zero-order chi connectivity index (χ0) is 23.1. The van der Waals surface area contributed by atoms with E-state index in [4.69, 9.17) is 4.52 Å². The van der Waals surface area contributed by atoms with Gasteiger partial charge in [-0.05, 0) is 30.7 Å². The van der Waals surface area contributed by atoms with Gasteiger partial charge in [0.15, 0.2) is 9.84 Å². The lowest BCUT2D eigenvalue weighted by Gasteiger charge is -2.27. The molecule has 0 aliphatic carbocycles. The minimum atomic E-state index is -3.17. The smallest absolute Gasteiger partial charge is 0.271 e. The Labute approximate surface area is 186 Å². The van der Waals surface area contributed by atoms with Crippen molar-refractivity contribution in [2.75, 3.05) is 16.8 Å². The maximum Gasteiger partial charge on any atom is 0.271 e. The average molecular weight is 460 g/mol. The van der Waals surface area contributed by atoms with E-state index >= 15 is 0 Å². The van der Waals surface area contributed by atoms with Crippen LogP contribution in [0.25, 0.3) is 11.4 Å². The molecule has 1 unspecified atom stereocenters. The van der Waals surface area contributed by atoms with Gasteiger partial charge in [0.2, 0.25) is 17.6 Å². The highest BCUT2D eigenvalue weighted by atomic mass is 32.2. The molecule has 2 aliphatic heterocycles. The molecule has 170 valence electrons. The molecule has 32 heavy (non-hydrogen) atoms. The molecule has 1 aromatic carbocycles. The van der Waals surface area contributed by atoms with Gasteiger partial charge < -0.3 is 9.84 Å². The van der Waals surface area contributed by atoms with E-state index in [1.807, 2.05) is 20.8 Å². The summed E-state index contributed by atoms with van der Waals surface area (Å²) < 4.78 is 28.8. The maximum absolute atomic E-state index is 12.7. The number of hydrogen-bond donors (Lipinski definition) is 1. The van der Waals surface area contributed by atoms with Gasteiger partial charge in [0.25, 0.3) is 5.91 Å². The van der Waals surface area contributed by atoms with E-state index in [9.17, 15) is 18.0 Å². The topological polar surface area (TPSA) is 135 Å². The fourth-order valence-corrected chi connectivity index (χ4v) is 5.23. The summed E-state index contributed by atoms with van der Waals surface area (Å²) in [5, 5.41) is 12.1. The molecule has 0 spiro atoms. The van der Waals surface area contributed by atoms with Crippen molar-refractivity contribution in [2.24, 2.45) is 5.10 Å². The SMILES string of the molecule is CC(C)(C)c1nc(-c2ccc(NC(=O)C3=NN(C4CCS(=O)(=O)C4)C(=O)CC3)cc2)no1. The molecule has 2 aliphatic rings. The number of aromatic nitrogens is 2. The number of hydrazone groups is 1. The summed E-state index contributed by atoms with van der Waals surface area (Å²) in [6.07, 6.45) is 0.660. The lowest BCUT2D eigenvalue weighted by Crippen LogP contribution is -2.42. The number of hydrogen-bond acceptors (Lipinski definition) is 8. The molecular weight excluding hydrogens is 434 g/mol. The highest BCUT2D eigenvalue weighted by Crippen LogP contribution is 2.25. The third kappa shape index (κ3) is 4.72. The van der Waals surface area contributed by atoms with Crippen molar-refractivity contribution in [3.8, 4) is 11.4 Å². The lowest BCUT2D eigenvalue weighted by atomic mass is 9.97. The minimum absolute atomic E-state index is 0.0302. The van der Waals surface area contributed by atoms with Crippen molar-refractivity contribution >= 4 is 33.1 Å². The number of anilines is 1. The Hall–Kier alpha value is -3.08. The molecule has 2 aromatic rings. The molecule has 10 nitrogen and oxygen atoms in total. The highest BCUT2D eigenvalue weighted by molar-refractivity contribution is 7.91. The van der Waals surface area contributed by atoms with Gasteiger partial charge in [-0.15, -0.1) is 0 Å². The van der Waals surface area contributed by atoms with Crippen LogP contribution in [0.15, 0.2) is 33.9 Å². The fraction of sp³-hybridized carbons (Fsp3) is 0.476. The summed E-state index contributed by atoms with van der Waals surface area (Å²) in [6.45, 7) is 5.95. The number of nitrogens with zero attached hydrogens (tertiary/aromatic N) is 4. The standard InChI is InChI=1S/C21H25N5O5S/c1-21(2,3)20-23-18(25-31-20)13-4-6-14(7-5-13)22-19(28)16-8-9-17(27)26(24-16)15-10-11-32(29,30)12-15/h4-7,15H,8-12H2,1-3H3,(H,22,28). The molecule has 1 N–H and O–H groups in total. The number of sulfone groups is 1. The van der Waals surface area contributed by atoms with Gasteiger partial charge in [-0.25, -0.2) is 13.4 Å². The minimum Gasteiger partial charge on any atom is -0.338 e. The Morgan fingerprint density at radius 1 is 1.19 bits per heavy atom. The van der Waals surface area contributed by atoms with Crippen LogP contribution in [0.3, 0.4) is 0 Å². The first kappa shape index (κ1) is 22.1. The van der Waals surface area contributed by atoms with E-state index in [0.717, 1.165) is 5.56 Å². The molecule has 0 saturated carbocycles. The van der Waals surface area contributed by atoms with E-state index in [1.54, 1.807) is 24.3 Å². The van der Waals surface area contributed by atoms with Crippen molar-refractivity contribution in [1.82, 2.24) is 15.1 Å². The van der Waals surface area contributed by atoms with Crippen molar-refractivity contribution in [3.05, 3.63) is 30.2 Å². The quantitative estimate of drug-likeness (QED) is 0.740. The average Bonchev–Trinajstić information content (AvgIpc) is 3.35. The van der Waals surface area contributed by atoms with Crippen molar-refractivity contribution < 1.29 is 22.5 Å². The molecule has 1 aromatic heterocycles. The van der Waals surface area contributed by atoms with E-state index in [1.165, 1.54) is 5.01 Å². The number of nitrogens with one attached hydrogen (secondary N) is 1. The summed E-state index contributed by atoms with van der Waals surface area (Å²) in [7, 11) is -3.17. The Kier molecular flexibility index (Phi) is 5.61. The monoisotopic (exact) mass is 459 g/mol. The first-order chi connectivity index (χ1) is 15.0.